The van der Waals surface area contributed by atoms with E-state index in [0.717, 1.165) is 18.8 Å². The van der Waals surface area contributed by atoms with E-state index < -0.39 is 11.5 Å². The number of carbonyl (C=O) groups is 1. The second-order valence-electron chi connectivity index (χ2n) is 4.66. The van der Waals surface area contributed by atoms with Crippen molar-refractivity contribution in [1.29, 1.82) is 0 Å². The van der Waals surface area contributed by atoms with E-state index in [1.807, 2.05) is 25.1 Å². The number of aliphatic carboxylic acids is 1. The molecule has 1 aromatic rings. The largest absolute Gasteiger partial charge is 0.481 e. The van der Waals surface area contributed by atoms with Crippen LogP contribution in [-0.2, 0) is 15.1 Å². The van der Waals surface area contributed by atoms with Gasteiger partial charge < -0.3 is 9.84 Å². The van der Waals surface area contributed by atoms with Gasteiger partial charge in [0.25, 0.3) is 0 Å². The second kappa shape index (κ2) is 5.46. The van der Waals surface area contributed by atoms with Crippen LogP contribution in [0.2, 0.25) is 0 Å². The van der Waals surface area contributed by atoms with Gasteiger partial charge in [0.2, 0.25) is 0 Å². The molecule has 0 radical (unpaired) electrons. The molecule has 1 unspecified atom stereocenters. The van der Waals surface area contributed by atoms with Crippen LogP contribution in [0.5, 0.6) is 0 Å². The zero-order valence-electron chi connectivity index (χ0n) is 10.5. The van der Waals surface area contributed by atoms with E-state index in [0.29, 0.717) is 13.2 Å². The van der Waals surface area contributed by atoms with Crippen molar-refractivity contribution >= 4 is 5.97 Å². The lowest BCUT2D eigenvalue weighted by Gasteiger charge is -2.42. The molecule has 5 heteroatoms. The Balaban J connectivity index is 2.30. The minimum atomic E-state index is -0.811. The van der Waals surface area contributed by atoms with Crippen LogP contribution in [0.4, 0.5) is 0 Å². The van der Waals surface area contributed by atoms with Gasteiger partial charge in [0, 0.05) is 19.3 Å². The van der Waals surface area contributed by atoms with Crippen molar-refractivity contribution in [2.24, 2.45) is 0 Å². The number of carboxylic acid groups (broad SMARTS) is 1. The fourth-order valence-corrected chi connectivity index (χ4v) is 2.40. The van der Waals surface area contributed by atoms with E-state index >= 15 is 0 Å². The van der Waals surface area contributed by atoms with Crippen LogP contribution in [0, 0.1) is 0 Å². The average molecular weight is 250 g/mol. The number of nitrogens with zero attached hydrogens (tertiary/aromatic N) is 2. The molecule has 0 saturated carbocycles. The minimum absolute atomic E-state index is 0.0456. The van der Waals surface area contributed by atoms with Gasteiger partial charge in [-0.05, 0) is 19.1 Å². The molecule has 5 nitrogen and oxygen atoms in total. The Morgan fingerprint density at radius 3 is 2.78 bits per heavy atom. The highest BCUT2D eigenvalue weighted by Gasteiger charge is 2.37. The summed E-state index contributed by atoms with van der Waals surface area (Å²) < 4.78 is 5.33. The first kappa shape index (κ1) is 13.0. The Hall–Kier alpha value is -1.46. The van der Waals surface area contributed by atoms with Crippen molar-refractivity contribution in [1.82, 2.24) is 9.88 Å². The number of rotatable bonds is 4. The molecule has 1 fully saturated rings. The van der Waals surface area contributed by atoms with E-state index in [-0.39, 0.29) is 6.42 Å². The molecule has 1 aliphatic heterocycles. The maximum Gasteiger partial charge on any atom is 0.305 e. The molecule has 2 rings (SSSR count). The molecule has 0 aliphatic carbocycles. The van der Waals surface area contributed by atoms with Gasteiger partial charge in [0.15, 0.2) is 0 Å². The summed E-state index contributed by atoms with van der Waals surface area (Å²) in [5, 5.41) is 9.16. The molecule has 98 valence electrons. The number of hydrogen-bond acceptors (Lipinski definition) is 4. The number of aromatic nitrogens is 1. The monoisotopic (exact) mass is 250 g/mol. The first-order valence-corrected chi connectivity index (χ1v) is 6.09. The fraction of sp³-hybridized carbons (Fsp3) is 0.538. The summed E-state index contributed by atoms with van der Waals surface area (Å²) in [6.45, 7) is 4.69. The van der Waals surface area contributed by atoms with Crippen molar-refractivity contribution in [2.75, 3.05) is 26.3 Å². The minimum Gasteiger partial charge on any atom is -0.481 e. The number of pyridine rings is 1. The van der Waals surface area contributed by atoms with Crippen LogP contribution in [0.15, 0.2) is 24.4 Å². The fourth-order valence-electron chi connectivity index (χ4n) is 2.40. The third-order valence-electron chi connectivity index (χ3n) is 3.42. The van der Waals surface area contributed by atoms with Crippen molar-refractivity contribution in [3.63, 3.8) is 0 Å². The van der Waals surface area contributed by atoms with E-state index in [1.165, 1.54) is 0 Å². The van der Waals surface area contributed by atoms with Crippen molar-refractivity contribution < 1.29 is 14.6 Å². The van der Waals surface area contributed by atoms with Crippen LogP contribution in [-0.4, -0.2) is 47.3 Å². The van der Waals surface area contributed by atoms with Gasteiger partial charge >= 0.3 is 5.97 Å². The number of hydrogen-bond donors (Lipinski definition) is 1. The zero-order valence-corrected chi connectivity index (χ0v) is 10.5. The maximum atomic E-state index is 11.1. The lowest BCUT2D eigenvalue weighted by Crippen LogP contribution is -2.51. The van der Waals surface area contributed by atoms with Gasteiger partial charge in [-0.15, -0.1) is 0 Å². The maximum absolute atomic E-state index is 11.1. The Kier molecular flexibility index (Phi) is 3.93. The SMILES string of the molecule is CC(CC(=O)O)(c1ccccn1)N1CCOCC1. The molecule has 0 amide bonds. The average Bonchev–Trinajstić information content (AvgIpc) is 2.40. The van der Waals surface area contributed by atoms with Gasteiger partial charge in [-0.25, -0.2) is 0 Å². The smallest absolute Gasteiger partial charge is 0.305 e. The zero-order chi connectivity index (χ0) is 13.0. The van der Waals surface area contributed by atoms with Gasteiger partial charge in [-0.1, -0.05) is 6.07 Å². The highest BCUT2D eigenvalue weighted by Crippen LogP contribution is 2.31. The highest BCUT2D eigenvalue weighted by atomic mass is 16.5. The summed E-state index contributed by atoms with van der Waals surface area (Å²) in [7, 11) is 0. The van der Waals surface area contributed by atoms with Gasteiger partial charge in [0.05, 0.1) is 30.9 Å². The van der Waals surface area contributed by atoms with Crippen molar-refractivity contribution in [3.8, 4) is 0 Å². The third-order valence-corrected chi connectivity index (χ3v) is 3.42. The summed E-state index contributed by atoms with van der Waals surface area (Å²) in [4.78, 5) is 17.6. The van der Waals surface area contributed by atoms with Gasteiger partial charge in [-0.2, -0.15) is 0 Å². The van der Waals surface area contributed by atoms with Gasteiger partial charge in [-0.3, -0.25) is 14.7 Å². The number of carboxylic acids is 1. The van der Waals surface area contributed by atoms with Crippen molar-refractivity contribution in [3.05, 3.63) is 30.1 Å². The molecule has 18 heavy (non-hydrogen) atoms. The Labute approximate surface area is 106 Å². The summed E-state index contributed by atoms with van der Waals surface area (Å²) in [6.07, 6.45) is 1.75. The molecule has 1 aromatic heterocycles. The topological polar surface area (TPSA) is 62.7 Å². The van der Waals surface area contributed by atoms with Crippen LogP contribution >= 0.6 is 0 Å². The second-order valence-corrected chi connectivity index (χ2v) is 4.66. The first-order valence-electron chi connectivity index (χ1n) is 6.09. The molecule has 2 heterocycles. The molecule has 1 aliphatic rings. The van der Waals surface area contributed by atoms with E-state index in [9.17, 15) is 4.79 Å². The Morgan fingerprint density at radius 1 is 1.50 bits per heavy atom. The molecule has 0 aromatic carbocycles. The van der Waals surface area contributed by atoms with Gasteiger partial charge in [0.1, 0.15) is 0 Å². The summed E-state index contributed by atoms with van der Waals surface area (Å²) >= 11 is 0. The molecule has 0 spiro atoms. The Bertz CT molecular complexity index is 404. The summed E-state index contributed by atoms with van der Waals surface area (Å²) in [5.74, 6) is -0.811. The van der Waals surface area contributed by atoms with E-state index in [2.05, 4.69) is 9.88 Å². The quantitative estimate of drug-likeness (QED) is 0.867. The third kappa shape index (κ3) is 2.68. The van der Waals surface area contributed by atoms with Crippen LogP contribution in [0.3, 0.4) is 0 Å². The van der Waals surface area contributed by atoms with Crippen LogP contribution in [0.1, 0.15) is 19.0 Å². The number of ether oxygens (including phenoxy) is 1. The van der Waals surface area contributed by atoms with Crippen LogP contribution < -0.4 is 0 Å². The predicted octanol–water partition coefficient (Wildman–Crippen LogP) is 1.10. The standard InChI is InChI=1S/C13H18N2O3/c1-13(10-12(16)17,11-4-2-3-5-14-11)15-6-8-18-9-7-15/h2-5H,6-10H2,1H3,(H,16,17). The first-order chi connectivity index (χ1) is 8.63. The Morgan fingerprint density at radius 2 is 2.22 bits per heavy atom. The lowest BCUT2D eigenvalue weighted by atomic mass is 9.90. The molecular weight excluding hydrogens is 232 g/mol. The van der Waals surface area contributed by atoms with E-state index in [4.69, 9.17) is 9.84 Å². The predicted molar refractivity (Wildman–Crippen MR) is 66.2 cm³/mol. The molecular formula is C13H18N2O3. The molecule has 1 N–H and O–H groups in total. The number of morpholine rings is 1. The molecule has 1 saturated heterocycles. The van der Waals surface area contributed by atoms with Crippen LogP contribution in [0.25, 0.3) is 0 Å². The summed E-state index contributed by atoms with van der Waals surface area (Å²) in [5.41, 5.74) is 0.228. The van der Waals surface area contributed by atoms with E-state index in [1.54, 1.807) is 6.20 Å². The molecule has 1 atom stereocenters. The van der Waals surface area contributed by atoms with Crippen molar-refractivity contribution in [2.45, 2.75) is 18.9 Å². The normalized spacial score (nSPS) is 20.3. The summed E-state index contributed by atoms with van der Waals surface area (Å²) in [6, 6.07) is 5.62. The molecule has 0 bridgehead atoms. The highest BCUT2D eigenvalue weighted by molar-refractivity contribution is 5.68. The lowest BCUT2D eigenvalue weighted by molar-refractivity contribution is -0.141.